The van der Waals surface area contributed by atoms with Crippen LogP contribution in [0, 0.1) is 5.82 Å². The predicted octanol–water partition coefficient (Wildman–Crippen LogP) is 4.71. The van der Waals surface area contributed by atoms with E-state index in [4.69, 9.17) is 0 Å². The number of benzene rings is 3. The fraction of sp³-hybridized carbons (Fsp3) is 0.0400. The topological polar surface area (TPSA) is 100 Å². The zero-order valence-corrected chi connectivity index (χ0v) is 17.6. The number of hydrogen-bond acceptors (Lipinski definition) is 4. The minimum atomic E-state index is -0.679. The van der Waals surface area contributed by atoms with Gasteiger partial charge in [0.25, 0.3) is 5.91 Å². The van der Waals surface area contributed by atoms with Crippen LogP contribution in [-0.4, -0.2) is 22.7 Å². The van der Waals surface area contributed by atoms with Crippen LogP contribution in [0.1, 0.15) is 27.6 Å². The summed E-state index contributed by atoms with van der Waals surface area (Å²) in [6, 6.07) is 20.2. The number of ketones is 1. The molecule has 0 spiro atoms. The second-order valence-corrected chi connectivity index (χ2v) is 7.25. The summed E-state index contributed by atoms with van der Waals surface area (Å²) in [5.74, 6) is -1.06. The minimum Gasteiger partial charge on any atom is -0.307 e. The van der Waals surface area contributed by atoms with Gasteiger partial charge in [-0.2, -0.15) is 0 Å². The maximum Gasteiger partial charge on any atom is 0.337 e. The Bertz CT molecular complexity index is 1370. The highest BCUT2D eigenvalue weighted by atomic mass is 19.1. The van der Waals surface area contributed by atoms with Gasteiger partial charge in [-0.15, -0.1) is 0 Å². The first-order chi connectivity index (χ1) is 15.9. The number of anilines is 1. The third kappa shape index (κ3) is 5.01. The van der Waals surface area contributed by atoms with E-state index in [1.54, 1.807) is 60.7 Å². The molecule has 7 nitrogen and oxygen atoms in total. The Hall–Kier alpha value is -4.59. The van der Waals surface area contributed by atoms with E-state index in [9.17, 15) is 18.8 Å². The van der Waals surface area contributed by atoms with Crippen LogP contribution in [0.3, 0.4) is 0 Å². The lowest BCUT2D eigenvalue weighted by Crippen LogP contribution is -2.44. The smallest absolute Gasteiger partial charge is 0.307 e. The summed E-state index contributed by atoms with van der Waals surface area (Å²) in [5, 5.41) is 3.15. The summed E-state index contributed by atoms with van der Waals surface area (Å²) in [5.41, 5.74) is 7.55. The molecule has 1 aromatic heterocycles. The number of carbonyl (C=O) groups is 3. The molecule has 0 aliphatic carbocycles. The number of urea groups is 1. The monoisotopic (exact) mass is 442 g/mol. The number of pyridine rings is 1. The highest BCUT2D eigenvalue weighted by Gasteiger charge is 2.15. The summed E-state index contributed by atoms with van der Waals surface area (Å²) >= 11 is 0. The number of hydrazine groups is 1. The van der Waals surface area contributed by atoms with Crippen molar-refractivity contribution in [1.29, 1.82) is 0 Å². The van der Waals surface area contributed by atoms with E-state index in [0.717, 1.165) is 0 Å². The average Bonchev–Trinajstić information content (AvgIpc) is 2.82. The number of nitrogens with one attached hydrogen (secondary N) is 3. The van der Waals surface area contributed by atoms with Crippen molar-refractivity contribution in [3.05, 3.63) is 95.8 Å². The third-order valence-corrected chi connectivity index (χ3v) is 4.92. The molecule has 0 unspecified atom stereocenters. The molecule has 0 bridgehead atoms. The van der Waals surface area contributed by atoms with E-state index in [1.807, 2.05) is 0 Å². The van der Waals surface area contributed by atoms with Crippen LogP contribution >= 0.6 is 0 Å². The van der Waals surface area contributed by atoms with Crippen LogP contribution in [0.5, 0.6) is 0 Å². The van der Waals surface area contributed by atoms with Crippen LogP contribution in [0.2, 0.25) is 0 Å². The number of hydrogen-bond donors (Lipinski definition) is 3. The van der Waals surface area contributed by atoms with Gasteiger partial charge >= 0.3 is 6.03 Å². The molecular weight excluding hydrogens is 423 g/mol. The second-order valence-electron chi connectivity index (χ2n) is 7.25. The standard InChI is InChI=1S/C25H19FN4O3/c1-15(31)17-5-4-6-19(13-17)27-25(33)30-29-24(32)21-14-23(16-9-11-18(26)12-10-16)28-22-8-3-2-7-20(21)22/h2-14H,1H3,(H,29,32)(H2,27,30,33). The summed E-state index contributed by atoms with van der Waals surface area (Å²) in [6.45, 7) is 1.43. The fourth-order valence-corrected chi connectivity index (χ4v) is 3.29. The van der Waals surface area contributed by atoms with E-state index < -0.39 is 11.9 Å². The normalized spacial score (nSPS) is 10.5. The van der Waals surface area contributed by atoms with E-state index >= 15 is 0 Å². The Morgan fingerprint density at radius 2 is 1.61 bits per heavy atom. The molecule has 8 heteroatoms. The van der Waals surface area contributed by atoms with Gasteiger partial charge in [0, 0.05) is 22.2 Å². The van der Waals surface area contributed by atoms with Crippen LogP contribution in [0.15, 0.2) is 78.9 Å². The van der Waals surface area contributed by atoms with Gasteiger partial charge in [-0.1, -0.05) is 30.3 Å². The largest absolute Gasteiger partial charge is 0.337 e. The zero-order valence-electron chi connectivity index (χ0n) is 17.6. The van der Waals surface area contributed by atoms with Gasteiger partial charge < -0.3 is 5.32 Å². The molecule has 0 fully saturated rings. The van der Waals surface area contributed by atoms with Gasteiger partial charge in [-0.25, -0.2) is 19.6 Å². The number of rotatable bonds is 4. The van der Waals surface area contributed by atoms with Crippen molar-refractivity contribution in [2.75, 3.05) is 5.32 Å². The summed E-state index contributed by atoms with van der Waals surface area (Å²) < 4.78 is 13.3. The van der Waals surface area contributed by atoms with Crippen LogP contribution in [0.25, 0.3) is 22.2 Å². The Morgan fingerprint density at radius 3 is 2.36 bits per heavy atom. The number of amides is 3. The molecule has 1 heterocycles. The molecule has 0 saturated heterocycles. The lowest BCUT2D eigenvalue weighted by Gasteiger charge is -2.12. The molecule has 0 aliphatic rings. The molecule has 0 saturated carbocycles. The van der Waals surface area contributed by atoms with Gasteiger partial charge in [0.15, 0.2) is 5.78 Å². The van der Waals surface area contributed by atoms with Gasteiger partial charge in [0.2, 0.25) is 0 Å². The molecule has 3 amide bonds. The number of halogens is 1. The van der Waals surface area contributed by atoms with Gasteiger partial charge in [-0.05, 0) is 55.5 Å². The summed E-state index contributed by atoms with van der Waals surface area (Å²) in [7, 11) is 0. The SMILES string of the molecule is CC(=O)c1cccc(NC(=O)NNC(=O)c2cc(-c3ccc(F)cc3)nc3ccccc23)c1. The quantitative estimate of drug-likeness (QED) is 0.315. The second kappa shape index (κ2) is 9.27. The number of carbonyl (C=O) groups excluding carboxylic acids is 3. The first kappa shape index (κ1) is 21.6. The number of Topliss-reactive ketones (excluding diaryl/α,β-unsaturated/α-hetero) is 1. The van der Waals surface area contributed by atoms with Crippen molar-refractivity contribution < 1.29 is 18.8 Å². The first-order valence-electron chi connectivity index (χ1n) is 10.0. The highest BCUT2D eigenvalue weighted by Crippen LogP contribution is 2.25. The zero-order chi connectivity index (χ0) is 23.4. The maximum atomic E-state index is 13.3. The maximum absolute atomic E-state index is 13.3. The number of nitrogens with zero attached hydrogens (tertiary/aromatic N) is 1. The first-order valence-corrected chi connectivity index (χ1v) is 10.0. The number of fused-ring (bicyclic) bond motifs is 1. The fourth-order valence-electron chi connectivity index (χ4n) is 3.29. The van der Waals surface area contributed by atoms with Crippen LogP contribution in [-0.2, 0) is 0 Å². The van der Waals surface area contributed by atoms with Crippen molar-refractivity contribution in [1.82, 2.24) is 15.8 Å². The van der Waals surface area contributed by atoms with Crippen molar-refractivity contribution in [2.24, 2.45) is 0 Å². The average molecular weight is 442 g/mol. The van der Waals surface area contributed by atoms with Crippen molar-refractivity contribution in [2.45, 2.75) is 6.92 Å². The van der Waals surface area contributed by atoms with Crippen LogP contribution < -0.4 is 16.2 Å². The van der Waals surface area contributed by atoms with Crippen molar-refractivity contribution in [3.63, 3.8) is 0 Å². The lowest BCUT2D eigenvalue weighted by atomic mass is 10.0. The molecular formula is C25H19FN4O3. The van der Waals surface area contributed by atoms with Gasteiger partial charge in [0.1, 0.15) is 5.82 Å². The Morgan fingerprint density at radius 1 is 0.848 bits per heavy atom. The van der Waals surface area contributed by atoms with Crippen LogP contribution in [0.4, 0.5) is 14.9 Å². The molecule has 3 aromatic carbocycles. The van der Waals surface area contributed by atoms with Crippen molar-refractivity contribution >= 4 is 34.3 Å². The lowest BCUT2D eigenvalue weighted by molar-refractivity contribution is 0.0939. The number of para-hydroxylation sites is 1. The summed E-state index contributed by atoms with van der Waals surface area (Å²) in [4.78, 5) is 41.2. The molecule has 164 valence electrons. The van der Waals surface area contributed by atoms with E-state index in [0.29, 0.717) is 39.0 Å². The van der Waals surface area contributed by atoms with Gasteiger partial charge in [0.05, 0.1) is 16.8 Å². The van der Waals surface area contributed by atoms with E-state index in [-0.39, 0.29) is 11.6 Å². The van der Waals surface area contributed by atoms with E-state index in [2.05, 4.69) is 21.2 Å². The Labute approximate surface area is 188 Å². The minimum absolute atomic E-state index is 0.131. The molecule has 33 heavy (non-hydrogen) atoms. The molecule has 3 N–H and O–H groups in total. The Kier molecular flexibility index (Phi) is 6.08. The molecule has 4 aromatic rings. The van der Waals surface area contributed by atoms with Gasteiger partial charge in [-0.3, -0.25) is 15.0 Å². The molecule has 0 radical (unpaired) electrons. The Balaban J connectivity index is 1.54. The summed E-state index contributed by atoms with van der Waals surface area (Å²) in [6.07, 6.45) is 0. The molecule has 4 rings (SSSR count). The highest BCUT2D eigenvalue weighted by molar-refractivity contribution is 6.08. The van der Waals surface area contributed by atoms with Crippen molar-refractivity contribution in [3.8, 4) is 11.3 Å². The number of aromatic nitrogens is 1. The molecule has 0 atom stereocenters. The third-order valence-electron chi connectivity index (χ3n) is 4.92. The predicted molar refractivity (Wildman–Crippen MR) is 123 cm³/mol. The van der Waals surface area contributed by atoms with E-state index in [1.165, 1.54) is 25.1 Å². The molecule has 0 aliphatic heterocycles.